The number of rotatable bonds is 4. The maximum atomic E-state index is 11.3. The van der Waals surface area contributed by atoms with Gasteiger partial charge in [0.2, 0.25) is 5.91 Å². The average molecular weight is 226 g/mol. The molecule has 0 aliphatic carbocycles. The van der Waals surface area contributed by atoms with Gasteiger partial charge in [-0.25, -0.2) is 0 Å². The largest absolute Gasteiger partial charge is 0.369 e. The Bertz CT molecular complexity index is 347. The maximum absolute atomic E-state index is 11.3. The fourth-order valence-corrected chi connectivity index (χ4v) is 1.57. The number of primary amides is 1. The van der Waals surface area contributed by atoms with Gasteiger partial charge in [0.15, 0.2) is 0 Å². The fraction of sp³-hybridized carbons (Fsp3) is 0.417. The molecule has 0 aliphatic heterocycles. The summed E-state index contributed by atoms with van der Waals surface area (Å²) >= 11 is 5.79. The summed E-state index contributed by atoms with van der Waals surface area (Å²) < 4.78 is 0. The second-order valence-electron chi connectivity index (χ2n) is 4.08. The second-order valence-corrected chi connectivity index (χ2v) is 4.52. The molecule has 0 aliphatic rings. The van der Waals surface area contributed by atoms with Gasteiger partial charge in [-0.05, 0) is 30.5 Å². The van der Waals surface area contributed by atoms with E-state index in [9.17, 15) is 4.79 Å². The summed E-state index contributed by atoms with van der Waals surface area (Å²) in [4.78, 5) is 11.3. The first kappa shape index (κ1) is 12.1. The third-order valence-corrected chi connectivity index (χ3v) is 3.13. The lowest BCUT2D eigenvalue weighted by molar-refractivity contribution is -0.126. The molecule has 0 aromatic heterocycles. The summed E-state index contributed by atoms with van der Waals surface area (Å²) in [5, 5.41) is 0.705. The summed E-state index contributed by atoms with van der Waals surface area (Å²) in [6.45, 7) is 3.87. The van der Waals surface area contributed by atoms with E-state index >= 15 is 0 Å². The van der Waals surface area contributed by atoms with Crippen molar-refractivity contribution in [3.8, 4) is 0 Å². The predicted molar refractivity (Wildman–Crippen MR) is 62.7 cm³/mol. The van der Waals surface area contributed by atoms with Gasteiger partial charge in [0.1, 0.15) is 0 Å². The molecule has 15 heavy (non-hydrogen) atoms. The van der Waals surface area contributed by atoms with Gasteiger partial charge in [0.25, 0.3) is 0 Å². The molecule has 0 saturated carbocycles. The highest BCUT2D eigenvalue weighted by Gasteiger charge is 2.28. The van der Waals surface area contributed by atoms with E-state index in [1.54, 1.807) is 0 Å². The highest BCUT2D eigenvalue weighted by Crippen LogP contribution is 2.26. The molecule has 1 atom stereocenters. The van der Waals surface area contributed by atoms with Crippen LogP contribution in [0.25, 0.3) is 0 Å². The van der Waals surface area contributed by atoms with Crippen molar-refractivity contribution in [2.45, 2.75) is 26.7 Å². The van der Waals surface area contributed by atoms with Gasteiger partial charge in [-0.3, -0.25) is 4.79 Å². The lowest BCUT2D eigenvalue weighted by Crippen LogP contribution is -2.35. The van der Waals surface area contributed by atoms with Crippen LogP contribution in [0.2, 0.25) is 5.02 Å². The van der Waals surface area contributed by atoms with Crippen LogP contribution in [0.3, 0.4) is 0 Å². The van der Waals surface area contributed by atoms with Gasteiger partial charge in [-0.1, -0.05) is 37.6 Å². The normalized spacial score (nSPS) is 14.6. The van der Waals surface area contributed by atoms with Crippen LogP contribution in [0.5, 0.6) is 0 Å². The van der Waals surface area contributed by atoms with Gasteiger partial charge in [0, 0.05) is 10.4 Å². The van der Waals surface area contributed by atoms with Crippen molar-refractivity contribution < 1.29 is 4.79 Å². The van der Waals surface area contributed by atoms with E-state index in [4.69, 9.17) is 17.3 Å². The van der Waals surface area contributed by atoms with Gasteiger partial charge in [-0.2, -0.15) is 0 Å². The van der Waals surface area contributed by atoms with E-state index in [-0.39, 0.29) is 5.91 Å². The predicted octanol–water partition coefficient (Wildman–Crippen LogP) is 2.78. The SMILES string of the molecule is CCC(C)(Cc1ccc(Cl)cc1)C(N)=O. The Labute approximate surface area is 95.4 Å². The van der Waals surface area contributed by atoms with Crippen LogP contribution in [0.4, 0.5) is 0 Å². The van der Waals surface area contributed by atoms with Gasteiger partial charge in [-0.15, -0.1) is 0 Å². The number of hydrogen-bond acceptors (Lipinski definition) is 1. The van der Waals surface area contributed by atoms with E-state index in [2.05, 4.69) is 0 Å². The monoisotopic (exact) mass is 225 g/mol. The molecule has 0 heterocycles. The number of hydrogen-bond donors (Lipinski definition) is 1. The highest BCUT2D eigenvalue weighted by atomic mass is 35.5. The molecule has 0 fully saturated rings. The number of carbonyl (C=O) groups excluding carboxylic acids is 1. The first-order valence-corrected chi connectivity index (χ1v) is 5.40. The Morgan fingerprint density at radius 2 is 1.93 bits per heavy atom. The zero-order chi connectivity index (χ0) is 11.5. The summed E-state index contributed by atoms with van der Waals surface area (Å²) in [5.74, 6) is -0.250. The van der Waals surface area contributed by atoms with E-state index in [1.165, 1.54) is 0 Å². The Morgan fingerprint density at radius 3 is 2.33 bits per heavy atom. The third kappa shape index (κ3) is 2.96. The first-order chi connectivity index (χ1) is 6.98. The number of halogens is 1. The molecular weight excluding hydrogens is 210 g/mol. The molecular formula is C12H16ClNO. The third-order valence-electron chi connectivity index (χ3n) is 2.88. The Morgan fingerprint density at radius 1 is 1.40 bits per heavy atom. The van der Waals surface area contributed by atoms with Crippen molar-refractivity contribution in [3.05, 3.63) is 34.9 Å². The summed E-state index contributed by atoms with van der Waals surface area (Å²) in [5.41, 5.74) is 6.02. The van der Waals surface area contributed by atoms with Crippen molar-refractivity contribution in [1.29, 1.82) is 0 Å². The van der Waals surface area contributed by atoms with Crippen LogP contribution in [0.15, 0.2) is 24.3 Å². The number of nitrogens with two attached hydrogens (primary N) is 1. The molecule has 82 valence electrons. The topological polar surface area (TPSA) is 43.1 Å². The number of carbonyl (C=O) groups is 1. The zero-order valence-corrected chi connectivity index (χ0v) is 9.84. The lowest BCUT2D eigenvalue weighted by atomic mass is 9.80. The molecule has 1 unspecified atom stereocenters. The Hall–Kier alpha value is -1.02. The van der Waals surface area contributed by atoms with Crippen molar-refractivity contribution in [3.63, 3.8) is 0 Å². The van der Waals surface area contributed by atoms with E-state index < -0.39 is 5.41 Å². The first-order valence-electron chi connectivity index (χ1n) is 5.02. The molecule has 1 amide bonds. The molecule has 1 aromatic rings. The van der Waals surface area contributed by atoms with Crippen molar-refractivity contribution >= 4 is 17.5 Å². The number of benzene rings is 1. The highest BCUT2D eigenvalue weighted by molar-refractivity contribution is 6.30. The molecule has 2 N–H and O–H groups in total. The quantitative estimate of drug-likeness (QED) is 0.842. The van der Waals surface area contributed by atoms with Crippen molar-refractivity contribution in [2.24, 2.45) is 11.1 Å². The standard InChI is InChI=1S/C12H16ClNO/c1-3-12(2,11(14)15)8-9-4-6-10(13)7-5-9/h4-7H,3,8H2,1-2H3,(H2,14,15). The van der Waals surface area contributed by atoms with Crippen LogP contribution in [0, 0.1) is 5.41 Å². The van der Waals surface area contributed by atoms with Crippen LogP contribution in [0.1, 0.15) is 25.8 Å². The Kier molecular flexibility index (Phi) is 3.75. The van der Waals surface area contributed by atoms with E-state index in [0.29, 0.717) is 11.4 Å². The minimum absolute atomic E-state index is 0.250. The minimum atomic E-state index is -0.464. The maximum Gasteiger partial charge on any atom is 0.223 e. The van der Waals surface area contributed by atoms with Crippen molar-refractivity contribution in [2.75, 3.05) is 0 Å². The smallest absolute Gasteiger partial charge is 0.223 e. The number of amides is 1. The van der Waals surface area contributed by atoms with E-state index in [1.807, 2.05) is 38.1 Å². The molecule has 1 aromatic carbocycles. The van der Waals surface area contributed by atoms with Gasteiger partial charge >= 0.3 is 0 Å². The lowest BCUT2D eigenvalue weighted by Gasteiger charge is -2.24. The average Bonchev–Trinajstić information content (AvgIpc) is 2.21. The van der Waals surface area contributed by atoms with Crippen molar-refractivity contribution in [1.82, 2.24) is 0 Å². The molecule has 0 spiro atoms. The molecule has 2 nitrogen and oxygen atoms in total. The van der Waals surface area contributed by atoms with Gasteiger partial charge < -0.3 is 5.73 Å². The molecule has 1 rings (SSSR count). The van der Waals surface area contributed by atoms with Crippen LogP contribution in [-0.4, -0.2) is 5.91 Å². The molecule has 0 bridgehead atoms. The molecule has 0 saturated heterocycles. The minimum Gasteiger partial charge on any atom is -0.369 e. The zero-order valence-electron chi connectivity index (χ0n) is 9.09. The molecule has 0 radical (unpaired) electrons. The van der Waals surface area contributed by atoms with Crippen LogP contribution < -0.4 is 5.73 Å². The molecule has 3 heteroatoms. The summed E-state index contributed by atoms with van der Waals surface area (Å²) in [7, 11) is 0. The van der Waals surface area contributed by atoms with Crippen LogP contribution in [-0.2, 0) is 11.2 Å². The van der Waals surface area contributed by atoms with E-state index in [0.717, 1.165) is 12.0 Å². The van der Waals surface area contributed by atoms with Crippen LogP contribution >= 0.6 is 11.6 Å². The summed E-state index contributed by atoms with van der Waals surface area (Å²) in [6, 6.07) is 7.51. The second kappa shape index (κ2) is 4.67. The van der Waals surface area contributed by atoms with Gasteiger partial charge in [0.05, 0.1) is 0 Å². The Balaban J connectivity index is 2.84. The summed E-state index contributed by atoms with van der Waals surface area (Å²) in [6.07, 6.45) is 1.40. The fourth-order valence-electron chi connectivity index (χ4n) is 1.44.